The van der Waals surface area contributed by atoms with E-state index in [2.05, 4.69) is 55.4 Å². The zero-order valence-electron chi connectivity index (χ0n) is 44.3. The fourth-order valence-corrected chi connectivity index (χ4v) is 5.08. The van der Waals surface area contributed by atoms with Crippen LogP contribution in [0.4, 0.5) is 0 Å². The molecule has 0 aromatic heterocycles. The van der Waals surface area contributed by atoms with Crippen LogP contribution in [0, 0.1) is 27.7 Å². The van der Waals surface area contributed by atoms with Crippen LogP contribution >= 0.6 is 0 Å². The Morgan fingerprint density at radius 1 is 0.361 bits per heavy atom. The van der Waals surface area contributed by atoms with Gasteiger partial charge in [0.2, 0.25) is 0 Å². The number of aliphatic carboxylic acids is 4. The smallest absolute Gasteiger partial charge is 0.545 e. The fourth-order valence-electron chi connectivity index (χ4n) is 5.08. The molecule has 0 bridgehead atoms. The third kappa shape index (κ3) is 85.9. The quantitative estimate of drug-likeness (QED) is 0.0310. The summed E-state index contributed by atoms with van der Waals surface area (Å²) in [5.74, 6) is -7.35. The molecule has 0 atom stereocenters. The number of rotatable bonds is 30. The minimum atomic E-state index is -1.55. The van der Waals surface area contributed by atoms with Gasteiger partial charge in [0.25, 0.3) is 0 Å². The number of carboxylic acids is 4. The molecular formula is C58H88O12Sn2. The van der Waals surface area contributed by atoms with Crippen LogP contribution in [0.5, 0.6) is 0 Å². The number of hydrogen-bond acceptors (Lipinski definition) is 12. The van der Waals surface area contributed by atoms with Gasteiger partial charge in [0.05, 0.1) is 23.9 Å². The van der Waals surface area contributed by atoms with E-state index in [0.29, 0.717) is 24.3 Å². The number of hydrogen-bond donors (Lipinski definition) is 0. The van der Waals surface area contributed by atoms with Crippen LogP contribution < -0.4 is 20.4 Å². The van der Waals surface area contributed by atoms with Crippen molar-refractivity contribution in [2.24, 2.45) is 0 Å². The Morgan fingerprint density at radius 2 is 0.569 bits per heavy atom. The van der Waals surface area contributed by atoms with Crippen LogP contribution in [-0.2, 0) is 51.5 Å². The summed E-state index contributed by atoms with van der Waals surface area (Å²) in [6, 6.07) is 18.2. The van der Waals surface area contributed by atoms with Crippen LogP contribution in [0.1, 0.15) is 193 Å². The molecule has 12 nitrogen and oxygen atoms in total. The average Bonchev–Trinajstić information content (AvgIpc) is 3.35. The molecule has 2 rings (SSSR count). The van der Waals surface area contributed by atoms with Crippen molar-refractivity contribution in [1.29, 1.82) is 0 Å². The Bertz CT molecular complexity index is 1400. The largest absolute Gasteiger partial charge is 2.00 e. The Hall–Kier alpha value is -3.92. The van der Waals surface area contributed by atoms with Crippen molar-refractivity contribution in [3.63, 3.8) is 0 Å². The molecular weight excluding hydrogens is 1130 g/mol. The second-order valence-electron chi connectivity index (χ2n) is 15.5. The number of benzene rings is 2. The van der Waals surface area contributed by atoms with Crippen molar-refractivity contribution >= 4 is 83.6 Å². The molecule has 0 aliphatic heterocycles. The number of unbranched alkanes of at least 4 members (excludes halogenated alkanes) is 20. The first kappa shape index (κ1) is 82.1. The summed E-state index contributed by atoms with van der Waals surface area (Å²) in [4.78, 5) is 60.6. The van der Waals surface area contributed by atoms with Gasteiger partial charge in [-0.3, -0.25) is 0 Å². The van der Waals surface area contributed by atoms with E-state index >= 15 is 0 Å². The first-order chi connectivity index (χ1) is 33.6. The summed E-state index contributed by atoms with van der Waals surface area (Å²) in [6.45, 7) is 24.3. The second kappa shape index (κ2) is 71.3. The number of carbonyl (C=O) groups excluding carboxylic acids is 6. The maximum absolute atomic E-state index is 10.9. The molecule has 0 unspecified atom stereocenters. The molecule has 72 heavy (non-hydrogen) atoms. The van der Waals surface area contributed by atoms with Crippen molar-refractivity contribution in [2.45, 2.75) is 195 Å². The first-order valence-corrected chi connectivity index (χ1v) is 25.1. The molecule has 0 heterocycles. The fraction of sp³-hybridized carbons (Fsp3) is 0.517. The third-order valence-electron chi connectivity index (χ3n) is 8.93. The van der Waals surface area contributed by atoms with E-state index < -0.39 is 35.8 Å². The van der Waals surface area contributed by atoms with Crippen LogP contribution in [-0.4, -0.2) is 83.6 Å². The van der Waals surface area contributed by atoms with E-state index in [4.69, 9.17) is 9.47 Å². The van der Waals surface area contributed by atoms with Crippen molar-refractivity contribution < 1.29 is 58.7 Å². The van der Waals surface area contributed by atoms with Gasteiger partial charge in [0.15, 0.2) is 0 Å². The summed E-state index contributed by atoms with van der Waals surface area (Å²) < 4.78 is 9.52. The van der Waals surface area contributed by atoms with Gasteiger partial charge in [0.1, 0.15) is 13.2 Å². The normalized spacial score (nSPS) is 9.61. The predicted octanol–water partition coefficient (Wildman–Crippen LogP) is 9.08. The molecule has 0 saturated heterocycles. The number of carbonyl (C=O) groups is 6. The van der Waals surface area contributed by atoms with Gasteiger partial charge in [-0.1, -0.05) is 270 Å². The Balaban J connectivity index is -0.000000140. The summed E-state index contributed by atoms with van der Waals surface area (Å²) in [6.07, 6.45) is 35.6. The molecule has 0 fully saturated rings. The minimum Gasteiger partial charge on any atom is -0.545 e. The number of ether oxygens (including phenoxy) is 2. The minimum absolute atomic E-state index is 0. The summed E-state index contributed by atoms with van der Waals surface area (Å²) in [5, 5.41) is 38.8. The monoisotopic (exact) mass is 1220 g/mol. The Morgan fingerprint density at radius 3 is 0.764 bits per heavy atom. The molecule has 2 aromatic rings. The van der Waals surface area contributed by atoms with Crippen molar-refractivity contribution in [2.75, 3.05) is 0 Å². The zero-order valence-corrected chi connectivity index (χ0v) is 50.1. The topological polar surface area (TPSA) is 213 Å². The van der Waals surface area contributed by atoms with Crippen LogP contribution in [0.2, 0.25) is 0 Å². The van der Waals surface area contributed by atoms with E-state index in [9.17, 15) is 49.2 Å². The molecule has 0 aliphatic rings. The molecule has 0 aliphatic carbocycles. The summed E-state index contributed by atoms with van der Waals surface area (Å²) in [7, 11) is 0. The van der Waals surface area contributed by atoms with Gasteiger partial charge in [-0.2, -0.15) is 0 Å². The Labute approximate surface area is 470 Å². The Kier molecular flexibility index (Phi) is 81.3. The zero-order chi connectivity index (χ0) is 53.7. The van der Waals surface area contributed by atoms with Crippen LogP contribution in [0.15, 0.2) is 97.1 Å². The molecule has 2 aromatic carbocycles. The molecule has 14 heteroatoms. The van der Waals surface area contributed by atoms with Gasteiger partial charge in [-0.15, -0.1) is 0 Å². The molecule has 0 saturated carbocycles. The van der Waals surface area contributed by atoms with Gasteiger partial charge in [-0.05, 0) is 35.4 Å². The van der Waals surface area contributed by atoms with Crippen molar-refractivity contribution in [3.05, 3.63) is 136 Å². The molecule has 0 amide bonds. The summed E-state index contributed by atoms with van der Waals surface area (Å²) >= 11 is 0. The second-order valence-corrected chi connectivity index (χ2v) is 15.5. The predicted molar refractivity (Wildman–Crippen MR) is 286 cm³/mol. The van der Waals surface area contributed by atoms with Gasteiger partial charge in [0, 0.05) is 12.2 Å². The number of carboxylic acid groups (broad SMARTS) is 4. The standard InChI is InChI=1S/2C11H10O4.4C8H17.C4H4O4.2Sn/c2*12-10(13)6-7-11(14)15-8-9-4-2-1-3-5-9;4*1-3-5-7-8-6-4-2;5-3(6)1-2-4(7)8;;/h2*1-7H,8H2,(H,12,13);4*1,3-8H2,2H3;1-2H,(H,5,6)(H,7,8);;/q;;;;;;;2*+2/p-4/b2*7-6-;;;;;2-1-;;. The van der Waals surface area contributed by atoms with Crippen molar-refractivity contribution in [1.82, 2.24) is 0 Å². The average molecular weight is 1210 g/mol. The SMILES string of the molecule is O=C([O-])/C=C\C(=O)OCc1ccccc1.O=C([O-])/C=C\C(=O)OCc1ccccc1.O=C([O-])/C=C\C(=O)[O-].[CH2]CCCCCCC.[CH2]CCCCCCC.[CH2]CCCCCCC.[CH2]CCCCCCC.[Sn+2].[Sn+2]. The number of esters is 2. The molecule has 400 valence electrons. The summed E-state index contributed by atoms with van der Waals surface area (Å²) in [5.41, 5.74) is 1.68. The maximum atomic E-state index is 10.9. The molecule has 0 spiro atoms. The molecule has 0 N–H and O–H groups in total. The van der Waals surface area contributed by atoms with Crippen molar-refractivity contribution in [3.8, 4) is 0 Å². The van der Waals surface area contributed by atoms with E-state index in [1.54, 1.807) is 24.3 Å². The third-order valence-corrected chi connectivity index (χ3v) is 8.93. The van der Waals surface area contributed by atoms with Gasteiger partial charge in [-0.25, -0.2) is 9.59 Å². The van der Waals surface area contributed by atoms with E-state index in [0.717, 1.165) is 49.0 Å². The maximum Gasteiger partial charge on any atom is 2.00 e. The first-order valence-electron chi connectivity index (χ1n) is 25.1. The van der Waals surface area contributed by atoms with E-state index in [1.165, 1.54) is 128 Å². The van der Waals surface area contributed by atoms with E-state index in [1.807, 2.05) is 36.4 Å². The van der Waals surface area contributed by atoms with Crippen LogP contribution in [0.3, 0.4) is 0 Å². The van der Waals surface area contributed by atoms with E-state index in [-0.39, 0.29) is 61.0 Å². The van der Waals surface area contributed by atoms with Gasteiger partial charge >= 0.3 is 59.8 Å². The van der Waals surface area contributed by atoms with Crippen LogP contribution in [0.25, 0.3) is 0 Å². The van der Waals surface area contributed by atoms with Gasteiger partial charge < -0.3 is 49.1 Å². The molecule has 8 radical (unpaired) electrons.